The summed E-state index contributed by atoms with van der Waals surface area (Å²) < 4.78 is 1.08. The maximum absolute atomic E-state index is 11.1. The molecule has 0 fully saturated rings. The molecule has 0 spiro atoms. The van der Waals surface area contributed by atoms with Crippen molar-refractivity contribution < 1.29 is 4.79 Å². The molecule has 4 N–H and O–H groups in total. The first-order chi connectivity index (χ1) is 6.20. The van der Waals surface area contributed by atoms with Gasteiger partial charge in [-0.15, -0.1) is 11.3 Å². The minimum atomic E-state index is -0.291. The van der Waals surface area contributed by atoms with Crippen LogP contribution in [0.25, 0.3) is 10.2 Å². The number of hydrazine groups is 1. The van der Waals surface area contributed by atoms with Crippen molar-refractivity contribution in [1.29, 1.82) is 0 Å². The second-order valence-electron chi connectivity index (χ2n) is 2.79. The molecule has 0 saturated heterocycles. The molecular weight excluding hydrogens is 186 g/mol. The number of aromatic nitrogens is 1. The van der Waals surface area contributed by atoms with Gasteiger partial charge >= 0.3 is 0 Å². The van der Waals surface area contributed by atoms with E-state index in [0.717, 1.165) is 10.2 Å². The molecular formula is C8H9N3OS. The normalized spacial score (nSPS) is 10.6. The van der Waals surface area contributed by atoms with E-state index in [9.17, 15) is 4.79 Å². The predicted octanol–water partition coefficient (Wildman–Crippen LogP) is 1.14. The molecule has 2 heterocycles. The van der Waals surface area contributed by atoms with Crippen LogP contribution in [0.5, 0.6) is 0 Å². The van der Waals surface area contributed by atoms with Gasteiger partial charge in [-0.2, -0.15) is 0 Å². The molecule has 2 rings (SSSR count). The summed E-state index contributed by atoms with van der Waals surface area (Å²) in [7, 11) is 0. The Morgan fingerprint density at radius 2 is 2.38 bits per heavy atom. The number of nitrogens with one attached hydrogen (secondary N) is 2. The first-order valence-corrected chi connectivity index (χ1v) is 4.62. The molecule has 0 atom stereocenters. The molecule has 0 unspecified atom stereocenters. The number of hydrogen-bond donors (Lipinski definition) is 3. The number of H-pyrrole nitrogens is 1. The van der Waals surface area contributed by atoms with Gasteiger partial charge < -0.3 is 4.98 Å². The van der Waals surface area contributed by atoms with Crippen molar-refractivity contribution in [2.45, 2.75) is 6.92 Å². The molecule has 1 amide bonds. The summed E-state index contributed by atoms with van der Waals surface area (Å²) in [6, 6.07) is 3.81. The molecule has 4 nitrogen and oxygen atoms in total. The molecule has 68 valence electrons. The van der Waals surface area contributed by atoms with Crippen molar-refractivity contribution in [3.63, 3.8) is 0 Å². The molecule has 13 heavy (non-hydrogen) atoms. The lowest BCUT2D eigenvalue weighted by Crippen LogP contribution is -2.30. The zero-order valence-corrected chi connectivity index (χ0v) is 7.87. The van der Waals surface area contributed by atoms with Crippen molar-refractivity contribution in [3.05, 3.63) is 22.7 Å². The van der Waals surface area contributed by atoms with Crippen LogP contribution in [0.2, 0.25) is 0 Å². The van der Waals surface area contributed by atoms with Gasteiger partial charge in [0.1, 0.15) is 5.69 Å². The number of nitrogens with two attached hydrogens (primary N) is 1. The summed E-state index contributed by atoms with van der Waals surface area (Å²) in [4.78, 5) is 15.3. The minimum Gasteiger partial charge on any atom is -0.350 e. The maximum Gasteiger partial charge on any atom is 0.281 e. The quantitative estimate of drug-likeness (QED) is 0.363. The molecule has 0 aliphatic heterocycles. The number of carbonyl (C=O) groups excluding carboxylic acids is 1. The summed E-state index contributed by atoms with van der Waals surface area (Å²) in [5.41, 5.74) is 3.57. The Balaban J connectivity index is 2.51. The van der Waals surface area contributed by atoms with Crippen LogP contribution in [0.4, 0.5) is 0 Å². The van der Waals surface area contributed by atoms with Gasteiger partial charge in [0.15, 0.2) is 0 Å². The number of nitrogen functional groups attached to an aromatic ring is 1. The number of aryl methyl sites for hydroxylation is 1. The number of hydrogen-bond acceptors (Lipinski definition) is 3. The van der Waals surface area contributed by atoms with Crippen molar-refractivity contribution in [2.24, 2.45) is 5.84 Å². The second-order valence-corrected chi connectivity index (χ2v) is 4.08. The van der Waals surface area contributed by atoms with Gasteiger partial charge in [-0.1, -0.05) is 0 Å². The van der Waals surface area contributed by atoms with E-state index >= 15 is 0 Å². The molecule has 0 bridgehead atoms. The average Bonchev–Trinajstić information content (AvgIpc) is 2.59. The van der Waals surface area contributed by atoms with Crippen LogP contribution >= 0.6 is 11.3 Å². The Bertz CT molecular complexity index is 425. The van der Waals surface area contributed by atoms with Gasteiger partial charge in [-0.3, -0.25) is 10.2 Å². The fourth-order valence-corrected chi connectivity index (χ4v) is 2.17. The zero-order valence-electron chi connectivity index (χ0n) is 7.05. The number of carbonyl (C=O) groups is 1. The van der Waals surface area contributed by atoms with Crippen molar-refractivity contribution >= 4 is 27.5 Å². The molecule has 0 aliphatic rings. The third kappa shape index (κ3) is 1.32. The van der Waals surface area contributed by atoms with Crippen LogP contribution in [-0.2, 0) is 0 Å². The van der Waals surface area contributed by atoms with Crippen molar-refractivity contribution in [1.82, 2.24) is 10.4 Å². The lowest BCUT2D eigenvalue weighted by Gasteiger charge is -1.92. The molecule has 0 aliphatic carbocycles. The third-order valence-electron chi connectivity index (χ3n) is 1.80. The molecule has 5 heteroatoms. The summed E-state index contributed by atoms with van der Waals surface area (Å²) >= 11 is 1.65. The Labute approximate surface area is 78.7 Å². The van der Waals surface area contributed by atoms with Gasteiger partial charge in [0.05, 0.1) is 10.2 Å². The first kappa shape index (κ1) is 8.28. The highest BCUT2D eigenvalue weighted by molar-refractivity contribution is 7.19. The fourth-order valence-electron chi connectivity index (χ4n) is 1.25. The molecule has 0 aromatic carbocycles. The monoisotopic (exact) mass is 195 g/mol. The highest BCUT2D eigenvalue weighted by Crippen LogP contribution is 2.25. The topological polar surface area (TPSA) is 70.9 Å². The predicted molar refractivity (Wildman–Crippen MR) is 52.6 cm³/mol. The zero-order chi connectivity index (χ0) is 9.42. The fraction of sp³-hybridized carbons (Fsp3) is 0.125. The Morgan fingerprint density at radius 1 is 1.62 bits per heavy atom. The van der Waals surface area contributed by atoms with E-state index in [1.165, 1.54) is 4.88 Å². The Morgan fingerprint density at radius 3 is 3.00 bits per heavy atom. The standard InChI is InChI=1S/C8H9N3OS/c1-4-2-5-7(13-4)3-6(10-5)8(12)11-9/h2-3,10H,9H2,1H3,(H,11,12). The van der Waals surface area contributed by atoms with E-state index in [2.05, 4.69) is 10.4 Å². The van der Waals surface area contributed by atoms with Crippen LogP contribution in [0.3, 0.4) is 0 Å². The first-order valence-electron chi connectivity index (χ1n) is 3.81. The van der Waals surface area contributed by atoms with Gasteiger partial charge in [0.2, 0.25) is 0 Å². The second kappa shape index (κ2) is 2.86. The molecule has 2 aromatic heterocycles. The number of thiophene rings is 1. The van der Waals surface area contributed by atoms with Crippen molar-refractivity contribution in [3.8, 4) is 0 Å². The average molecular weight is 195 g/mol. The van der Waals surface area contributed by atoms with Gasteiger partial charge in [-0.05, 0) is 19.1 Å². The molecule has 0 radical (unpaired) electrons. The van der Waals surface area contributed by atoms with Crippen molar-refractivity contribution in [2.75, 3.05) is 0 Å². The van der Waals surface area contributed by atoms with E-state index in [0.29, 0.717) is 5.69 Å². The van der Waals surface area contributed by atoms with Crippen LogP contribution in [0, 0.1) is 6.92 Å². The Hall–Kier alpha value is -1.33. The van der Waals surface area contributed by atoms with E-state index in [4.69, 9.17) is 5.84 Å². The van der Waals surface area contributed by atoms with E-state index in [1.807, 2.05) is 13.0 Å². The van der Waals surface area contributed by atoms with Gasteiger partial charge in [0.25, 0.3) is 5.91 Å². The lowest BCUT2D eigenvalue weighted by atomic mass is 10.4. The largest absolute Gasteiger partial charge is 0.350 e. The summed E-state index contributed by atoms with van der Waals surface area (Å²) in [6.45, 7) is 2.03. The van der Waals surface area contributed by atoms with Crippen LogP contribution < -0.4 is 11.3 Å². The highest BCUT2D eigenvalue weighted by Gasteiger charge is 2.08. The maximum atomic E-state index is 11.1. The van der Waals surface area contributed by atoms with Crippen LogP contribution in [0.15, 0.2) is 12.1 Å². The number of amides is 1. The SMILES string of the molecule is Cc1cc2[nH]c(C(=O)NN)cc2s1. The Kier molecular flexibility index (Phi) is 1.82. The van der Waals surface area contributed by atoms with E-state index < -0.39 is 0 Å². The van der Waals surface area contributed by atoms with Crippen LogP contribution in [0.1, 0.15) is 15.4 Å². The number of rotatable bonds is 1. The van der Waals surface area contributed by atoms with Crippen LogP contribution in [-0.4, -0.2) is 10.9 Å². The molecule has 0 saturated carbocycles. The summed E-state index contributed by atoms with van der Waals surface area (Å²) in [5, 5.41) is 0. The minimum absolute atomic E-state index is 0.291. The van der Waals surface area contributed by atoms with Gasteiger partial charge in [-0.25, -0.2) is 5.84 Å². The summed E-state index contributed by atoms with van der Waals surface area (Å²) in [5.74, 6) is 4.72. The third-order valence-corrected chi connectivity index (χ3v) is 2.80. The molecule has 2 aromatic rings. The van der Waals surface area contributed by atoms with Gasteiger partial charge in [0, 0.05) is 4.88 Å². The lowest BCUT2D eigenvalue weighted by molar-refractivity contribution is 0.0949. The van der Waals surface area contributed by atoms with E-state index in [-0.39, 0.29) is 5.91 Å². The number of aromatic amines is 1. The highest BCUT2D eigenvalue weighted by atomic mass is 32.1. The van der Waals surface area contributed by atoms with E-state index in [1.54, 1.807) is 17.4 Å². The summed E-state index contributed by atoms with van der Waals surface area (Å²) in [6.07, 6.45) is 0. The smallest absolute Gasteiger partial charge is 0.281 e. The number of fused-ring (bicyclic) bond motifs is 1.